The van der Waals surface area contributed by atoms with Crippen molar-refractivity contribution < 1.29 is 8.97 Å². The summed E-state index contributed by atoms with van der Waals surface area (Å²) < 4.78 is 2.93. The van der Waals surface area contributed by atoms with Crippen LogP contribution in [0.25, 0.3) is 0 Å². The van der Waals surface area contributed by atoms with E-state index in [9.17, 15) is 0 Å². The quantitative estimate of drug-likeness (QED) is 0.446. The molecule has 2 rings (SSSR count). The van der Waals surface area contributed by atoms with Gasteiger partial charge in [0.15, 0.2) is 0 Å². The number of rotatable bonds is 9. The third-order valence-corrected chi connectivity index (χ3v) is 5.94. The molecule has 0 aliphatic carbocycles. The number of likely N-dealkylation sites (tertiary alicyclic amines) is 2. The number of quaternary nitrogens is 2. The van der Waals surface area contributed by atoms with Gasteiger partial charge in [-0.05, 0) is 12.8 Å². The molecular weight excluding hydrogens is 244 g/mol. The van der Waals surface area contributed by atoms with Crippen molar-refractivity contribution >= 4 is 0 Å². The molecule has 20 heavy (non-hydrogen) atoms. The van der Waals surface area contributed by atoms with E-state index in [1.54, 1.807) is 0 Å². The molecule has 0 bridgehead atoms. The molecule has 2 aliphatic heterocycles. The van der Waals surface area contributed by atoms with Crippen LogP contribution in [0.3, 0.4) is 0 Å². The first-order chi connectivity index (χ1) is 9.74. The van der Waals surface area contributed by atoms with Crippen LogP contribution in [0.2, 0.25) is 0 Å². The van der Waals surface area contributed by atoms with E-state index < -0.39 is 0 Å². The summed E-state index contributed by atoms with van der Waals surface area (Å²) in [6.45, 7) is 16.5. The normalized spacial score (nSPS) is 24.3. The number of nitrogens with zero attached hydrogens (tertiary/aromatic N) is 2. The predicted molar refractivity (Wildman–Crippen MR) is 87.7 cm³/mol. The average molecular weight is 283 g/mol. The molecule has 0 aromatic carbocycles. The maximum atomic E-state index is 2.37. The lowest BCUT2D eigenvalue weighted by Gasteiger charge is -2.36. The first-order valence-corrected chi connectivity index (χ1v) is 9.44. The van der Waals surface area contributed by atoms with Crippen molar-refractivity contribution in [1.29, 1.82) is 0 Å². The molecule has 2 heteroatoms. The van der Waals surface area contributed by atoms with Crippen molar-refractivity contribution in [2.75, 3.05) is 52.4 Å². The summed E-state index contributed by atoms with van der Waals surface area (Å²) in [6.07, 6.45) is 11.6. The Labute approximate surface area is 127 Å². The fraction of sp³-hybridized carbons (Fsp3) is 1.00. The Bertz CT molecular complexity index is 235. The summed E-state index contributed by atoms with van der Waals surface area (Å²) in [7, 11) is 0. The van der Waals surface area contributed by atoms with E-state index in [1.807, 2.05) is 0 Å². The van der Waals surface area contributed by atoms with Crippen LogP contribution in [0.4, 0.5) is 0 Å². The Morgan fingerprint density at radius 2 is 0.900 bits per heavy atom. The molecule has 0 saturated carbocycles. The van der Waals surface area contributed by atoms with Gasteiger partial charge >= 0.3 is 0 Å². The number of unbranched alkanes of at least 4 members (excludes halogenated alkanes) is 1. The number of hydrogen-bond acceptors (Lipinski definition) is 0. The van der Waals surface area contributed by atoms with Crippen LogP contribution in [0.5, 0.6) is 0 Å². The fourth-order valence-corrected chi connectivity index (χ4v) is 4.97. The molecular formula is C18H38N2+2. The van der Waals surface area contributed by atoms with E-state index in [1.165, 1.54) is 113 Å². The van der Waals surface area contributed by atoms with E-state index in [2.05, 4.69) is 13.8 Å². The zero-order valence-corrected chi connectivity index (χ0v) is 14.2. The van der Waals surface area contributed by atoms with Gasteiger partial charge in [-0.2, -0.15) is 0 Å². The van der Waals surface area contributed by atoms with Crippen molar-refractivity contribution in [3.05, 3.63) is 0 Å². The van der Waals surface area contributed by atoms with Crippen molar-refractivity contribution in [2.45, 2.75) is 65.2 Å². The van der Waals surface area contributed by atoms with Gasteiger partial charge in [0.1, 0.15) is 0 Å². The molecule has 0 amide bonds. The van der Waals surface area contributed by atoms with Gasteiger partial charge in [-0.25, -0.2) is 0 Å². The Morgan fingerprint density at radius 3 is 1.20 bits per heavy atom. The van der Waals surface area contributed by atoms with Crippen LogP contribution in [-0.2, 0) is 0 Å². The molecule has 0 unspecified atom stereocenters. The third-order valence-electron chi connectivity index (χ3n) is 5.94. The second-order valence-corrected chi connectivity index (χ2v) is 7.59. The third kappa shape index (κ3) is 4.21. The Morgan fingerprint density at radius 1 is 0.550 bits per heavy atom. The summed E-state index contributed by atoms with van der Waals surface area (Å²) in [6, 6.07) is 0. The predicted octanol–water partition coefficient (Wildman–Crippen LogP) is 3.81. The first-order valence-electron chi connectivity index (χ1n) is 9.44. The molecule has 0 spiro atoms. The van der Waals surface area contributed by atoms with Crippen LogP contribution >= 0.6 is 0 Å². The van der Waals surface area contributed by atoms with E-state index in [-0.39, 0.29) is 0 Å². The minimum absolute atomic E-state index is 1.37. The smallest absolute Gasteiger partial charge is 0.0788 e. The second-order valence-electron chi connectivity index (χ2n) is 7.59. The van der Waals surface area contributed by atoms with Gasteiger partial charge in [-0.15, -0.1) is 0 Å². The van der Waals surface area contributed by atoms with Crippen LogP contribution in [0.15, 0.2) is 0 Å². The van der Waals surface area contributed by atoms with Gasteiger partial charge in [0, 0.05) is 38.5 Å². The maximum Gasteiger partial charge on any atom is 0.0788 e. The molecule has 2 aliphatic rings. The lowest BCUT2D eigenvalue weighted by molar-refractivity contribution is -0.923. The highest BCUT2D eigenvalue weighted by Gasteiger charge is 2.32. The zero-order valence-electron chi connectivity index (χ0n) is 14.2. The minimum atomic E-state index is 1.37. The first kappa shape index (κ1) is 16.3. The minimum Gasteiger partial charge on any atom is -0.324 e. The van der Waals surface area contributed by atoms with Crippen molar-refractivity contribution in [3.63, 3.8) is 0 Å². The summed E-state index contributed by atoms with van der Waals surface area (Å²) in [4.78, 5) is 0. The van der Waals surface area contributed by atoms with Crippen LogP contribution in [0, 0.1) is 0 Å². The van der Waals surface area contributed by atoms with E-state index in [4.69, 9.17) is 0 Å². The SMILES string of the molecule is CCC[N+]1(CCCC[N+]2(CCC)CCCC2)CCCC1. The topological polar surface area (TPSA) is 0 Å². The molecule has 118 valence electrons. The Hall–Kier alpha value is -0.0800. The second kappa shape index (κ2) is 7.79. The molecule has 2 fully saturated rings. The highest BCUT2D eigenvalue weighted by atomic mass is 15.4. The Balaban J connectivity index is 1.72. The Kier molecular flexibility index (Phi) is 6.35. The van der Waals surface area contributed by atoms with Gasteiger partial charge in [0.25, 0.3) is 0 Å². The lowest BCUT2D eigenvalue weighted by Crippen LogP contribution is -2.48. The maximum absolute atomic E-state index is 2.37. The van der Waals surface area contributed by atoms with Crippen molar-refractivity contribution in [1.82, 2.24) is 0 Å². The van der Waals surface area contributed by atoms with Gasteiger partial charge in [-0.3, -0.25) is 0 Å². The monoisotopic (exact) mass is 282 g/mol. The molecule has 2 nitrogen and oxygen atoms in total. The summed E-state index contributed by atoms with van der Waals surface area (Å²) in [5.41, 5.74) is 0. The molecule has 0 aromatic rings. The van der Waals surface area contributed by atoms with E-state index in [0.29, 0.717) is 0 Å². The van der Waals surface area contributed by atoms with Crippen molar-refractivity contribution in [3.8, 4) is 0 Å². The van der Waals surface area contributed by atoms with Crippen LogP contribution < -0.4 is 0 Å². The fourth-order valence-electron chi connectivity index (χ4n) is 4.97. The highest BCUT2D eigenvalue weighted by molar-refractivity contribution is 4.58. The van der Waals surface area contributed by atoms with Gasteiger partial charge in [0.2, 0.25) is 0 Å². The summed E-state index contributed by atoms with van der Waals surface area (Å²) in [5, 5.41) is 0. The molecule has 0 aromatic heterocycles. The zero-order chi connectivity index (χ0) is 14.3. The van der Waals surface area contributed by atoms with E-state index in [0.717, 1.165) is 0 Å². The molecule has 0 N–H and O–H groups in total. The van der Waals surface area contributed by atoms with Crippen LogP contribution in [0.1, 0.15) is 65.2 Å². The largest absolute Gasteiger partial charge is 0.324 e. The molecule has 0 radical (unpaired) electrons. The van der Waals surface area contributed by atoms with Crippen molar-refractivity contribution in [2.24, 2.45) is 0 Å². The van der Waals surface area contributed by atoms with Crippen LogP contribution in [-0.4, -0.2) is 61.3 Å². The number of hydrogen-bond donors (Lipinski definition) is 0. The standard InChI is InChI=1S/C18H38N2/c1-3-11-19(13-5-6-14-19)17-9-10-18-20(12-4-2)15-7-8-16-20/h3-18H2,1-2H3/q+2. The van der Waals surface area contributed by atoms with Gasteiger partial charge in [0.05, 0.1) is 52.4 Å². The van der Waals surface area contributed by atoms with Gasteiger partial charge < -0.3 is 8.97 Å². The lowest BCUT2D eigenvalue weighted by atomic mass is 10.2. The van der Waals surface area contributed by atoms with E-state index >= 15 is 0 Å². The molecule has 2 heterocycles. The summed E-state index contributed by atoms with van der Waals surface area (Å²) >= 11 is 0. The summed E-state index contributed by atoms with van der Waals surface area (Å²) in [5.74, 6) is 0. The highest BCUT2D eigenvalue weighted by Crippen LogP contribution is 2.24. The van der Waals surface area contributed by atoms with Gasteiger partial charge in [-0.1, -0.05) is 13.8 Å². The molecule has 0 atom stereocenters. The molecule has 2 saturated heterocycles. The average Bonchev–Trinajstić information content (AvgIpc) is 3.07.